The molecule has 1 rings (SSSR count). The average molecular weight is 275 g/mol. The molecule has 0 fully saturated rings. The monoisotopic (exact) mass is 275 g/mol. The van der Waals surface area contributed by atoms with Gasteiger partial charge in [-0.15, -0.1) is 0 Å². The second-order valence-electron chi connectivity index (χ2n) is 4.26. The quantitative estimate of drug-likeness (QED) is 0.897. The lowest BCUT2D eigenvalue weighted by Crippen LogP contribution is -2.34. The van der Waals surface area contributed by atoms with Crippen molar-refractivity contribution in [3.8, 4) is 5.75 Å². The Kier molecular flexibility index (Phi) is 5.20. The topological polar surface area (TPSA) is 38.3 Å². The van der Waals surface area contributed by atoms with Crippen molar-refractivity contribution in [3.63, 3.8) is 0 Å². The van der Waals surface area contributed by atoms with E-state index in [0.717, 1.165) is 11.1 Å². The van der Waals surface area contributed by atoms with Crippen molar-refractivity contribution in [2.24, 2.45) is 0 Å². The van der Waals surface area contributed by atoms with Crippen molar-refractivity contribution in [2.75, 3.05) is 13.2 Å². The fraction of sp³-hybridized carbons (Fsp3) is 0.462. The highest BCUT2D eigenvalue weighted by atomic mass is 19.4. The summed E-state index contributed by atoms with van der Waals surface area (Å²) >= 11 is 0. The lowest BCUT2D eigenvalue weighted by molar-refractivity contribution is -0.138. The van der Waals surface area contributed by atoms with Crippen molar-refractivity contribution >= 4 is 5.91 Å². The van der Waals surface area contributed by atoms with E-state index in [1.54, 1.807) is 11.4 Å². The normalized spacial score (nSPS) is 11.2. The zero-order chi connectivity index (χ0) is 14.5. The molecule has 1 aromatic carbocycles. The van der Waals surface area contributed by atoms with Crippen LogP contribution in [-0.4, -0.2) is 25.2 Å². The van der Waals surface area contributed by atoms with E-state index in [9.17, 15) is 18.0 Å². The number of ether oxygens (including phenoxy) is 1. The summed E-state index contributed by atoms with van der Waals surface area (Å²) in [5.41, 5.74) is 2.02. The van der Waals surface area contributed by atoms with Gasteiger partial charge >= 0.3 is 6.18 Å². The second kappa shape index (κ2) is 6.45. The molecule has 0 bridgehead atoms. The summed E-state index contributed by atoms with van der Waals surface area (Å²) in [6, 6.07) is 5.57. The number of rotatable bonds is 5. The highest BCUT2D eigenvalue weighted by Gasteiger charge is 2.27. The van der Waals surface area contributed by atoms with Crippen molar-refractivity contribution in [1.29, 1.82) is 0 Å². The fourth-order valence-electron chi connectivity index (χ4n) is 1.50. The Morgan fingerprint density at radius 3 is 2.58 bits per heavy atom. The van der Waals surface area contributed by atoms with E-state index < -0.39 is 18.6 Å². The van der Waals surface area contributed by atoms with Crippen LogP contribution in [0.15, 0.2) is 18.2 Å². The Morgan fingerprint density at radius 2 is 2.00 bits per heavy atom. The maximum Gasteiger partial charge on any atom is 0.405 e. The third-order valence-electron chi connectivity index (χ3n) is 2.40. The first-order chi connectivity index (χ1) is 8.78. The molecule has 19 heavy (non-hydrogen) atoms. The van der Waals surface area contributed by atoms with E-state index in [1.807, 2.05) is 26.0 Å². The predicted molar refractivity (Wildman–Crippen MR) is 65.1 cm³/mol. The number of benzene rings is 1. The molecule has 1 N–H and O–H groups in total. The van der Waals surface area contributed by atoms with Crippen LogP contribution in [0.25, 0.3) is 0 Å². The SMILES string of the molecule is Cc1ccc(OCCC(=O)NCC(F)(F)F)c(C)c1. The molecule has 0 aliphatic rings. The van der Waals surface area contributed by atoms with E-state index in [4.69, 9.17) is 4.74 Å². The first-order valence-corrected chi connectivity index (χ1v) is 5.81. The van der Waals surface area contributed by atoms with Gasteiger partial charge in [-0.2, -0.15) is 13.2 Å². The van der Waals surface area contributed by atoms with Gasteiger partial charge in [0.2, 0.25) is 5.91 Å². The molecule has 0 spiro atoms. The number of amides is 1. The molecule has 0 unspecified atom stereocenters. The summed E-state index contributed by atoms with van der Waals surface area (Å²) in [7, 11) is 0. The number of hydrogen-bond donors (Lipinski definition) is 1. The molecule has 0 saturated heterocycles. The molecule has 0 heterocycles. The number of nitrogens with one attached hydrogen (secondary N) is 1. The highest BCUT2D eigenvalue weighted by molar-refractivity contribution is 5.76. The Morgan fingerprint density at radius 1 is 1.32 bits per heavy atom. The molecular formula is C13H16F3NO2. The molecular weight excluding hydrogens is 259 g/mol. The van der Waals surface area contributed by atoms with Crippen LogP contribution in [0.3, 0.4) is 0 Å². The van der Waals surface area contributed by atoms with Crippen molar-refractivity contribution in [2.45, 2.75) is 26.4 Å². The van der Waals surface area contributed by atoms with E-state index in [1.165, 1.54) is 0 Å². The molecule has 0 aliphatic carbocycles. The van der Waals surface area contributed by atoms with E-state index >= 15 is 0 Å². The van der Waals surface area contributed by atoms with Gasteiger partial charge in [-0.25, -0.2) is 0 Å². The van der Waals surface area contributed by atoms with E-state index in [-0.39, 0.29) is 13.0 Å². The van der Waals surface area contributed by atoms with Crippen molar-refractivity contribution < 1.29 is 22.7 Å². The first kappa shape index (κ1) is 15.3. The number of hydrogen-bond acceptors (Lipinski definition) is 2. The van der Waals surface area contributed by atoms with Crippen LogP contribution in [0.5, 0.6) is 5.75 Å². The number of carbonyl (C=O) groups excluding carboxylic acids is 1. The van der Waals surface area contributed by atoms with Gasteiger partial charge in [0.15, 0.2) is 0 Å². The smallest absolute Gasteiger partial charge is 0.405 e. The summed E-state index contributed by atoms with van der Waals surface area (Å²) in [5, 5.41) is 1.79. The largest absolute Gasteiger partial charge is 0.493 e. The summed E-state index contributed by atoms with van der Waals surface area (Å²) in [4.78, 5) is 11.1. The Bertz CT molecular complexity index is 444. The third kappa shape index (κ3) is 6.13. The Labute approximate surface area is 109 Å². The van der Waals surface area contributed by atoms with Gasteiger partial charge in [-0.3, -0.25) is 4.79 Å². The van der Waals surface area contributed by atoms with Gasteiger partial charge in [0.05, 0.1) is 13.0 Å². The van der Waals surface area contributed by atoms with Gasteiger partial charge in [0.1, 0.15) is 12.3 Å². The second-order valence-corrected chi connectivity index (χ2v) is 4.26. The molecule has 3 nitrogen and oxygen atoms in total. The lowest BCUT2D eigenvalue weighted by atomic mass is 10.1. The summed E-state index contributed by atoms with van der Waals surface area (Å²) < 4.78 is 40.9. The zero-order valence-electron chi connectivity index (χ0n) is 10.8. The minimum atomic E-state index is -4.38. The molecule has 1 aromatic rings. The molecule has 0 radical (unpaired) electrons. The van der Waals surface area contributed by atoms with Crippen LogP contribution in [0.2, 0.25) is 0 Å². The standard InChI is InChI=1S/C13H16F3NO2/c1-9-3-4-11(10(2)7-9)19-6-5-12(18)17-8-13(14,15)16/h3-4,7H,5-6,8H2,1-2H3,(H,17,18). The Balaban J connectivity index is 2.32. The molecule has 106 valence electrons. The van der Waals surface area contributed by atoms with Crippen LogP contribution in [0.4, 0.5) is 13.2 Å². The van der Waals surface area contributed by atoms with Gasteiger partial charge in [-0.05, 0) is 25.5 Å². The van der Waals surface area contributed by atoms with Gasteiger partial charge in [0.25, 0.3) is 0 Å². The van der Waals surface area contributed by atoms with Gasteiger partial charge in [0, 0.05) is 0 Å². The maximum absolute atomic E-state index is 11.8. The molecule has 6 heteroatoms. The molecule has 0 aromatic heterocycles. The zero-order valence-corrected chi connectivity index (χ0v) is 10.8. The minimum absolute atomic E-state index is 0.0492. The molecule has 0 saturated carbocycles. The fourth-order valence-corrected chi connectivity index (χ4v) is 1.50. The molecule has 0 atom stereocenters. The van der Waals surface area contributed by atoms with Gasteiger partial charge < -0.3 is 10.1 Å². The van der Waals surface area contributed by atoms with Crippen LogP contribution in [0.1, 0.15) is 17.5 Å². The highest BCUT2D eigenvalue weighted by Crippen LogP contribution is 2.18. The van der Waals surface area contributed by atoms with Crippen LogP contribution < -0.4 is 10.1 Å². The van der Waals surface area contributed by atoms with Gasteiger partial charge in [-0.1, -0.05) is 17.7 Å². The van der Waals surface area contributed by atoms with Crippen molar-refractivity contribution in [3.05, 3.63) is 29.3 Å². The number of halogens is 3. The minimum Gasteiger partial charge on any atom is -0.493 e. The summed E-state index contributed by atoms with van der Waals surface area (Å²) in [6.45, 7) is 2.55. The van der Waals surface area contributed by atoms with E-state index in [2.05, 4.69) is 0 Å². The summed E-state index contributed by atoms with van der Waals surface area (Å²) in [6.07, 6.45) is -4.49. The predicted octanol–water partition coefficient (Wildman–Crippen LogP) is 2.75. The molecule has 0 aliphatic heterocycles. The average Bonchev–Trinajstić information content (AvgIpc) is 2.28. The van der Waals surface area contributed by atoms with Crippen LogP contribution in [-0.2, 0) is 4.79 Å². The van der Waals surface area contributed by atoms with Crippen molar-refractivity contribution in [1.82, 2.24) is 5.32 Å². The Hall–Kier alpha value is -1.72. The first-order valence-electron chi connectivity index (χ1n) is 5.81. The lowest BCUT2D eigenvalue weighted by Gasteiger charge is -2.11. The number of carbonyl (C=O) groups is 1. The molecule has 1 amide bonds. The van der Waals surface area contributed by atoms with Crippen LogP contribution >= 0.6 is 0 Å². The number of aryl methyl sites for hydroxylation is 2. The number of alkyl halides is 3. The third-order valence-corrected chi connectivity index (χ3v) is 2.40. The summed E-state index contributed by atoms with van der Waals surface area (Å²) in [5.74, 6) is -0.0451. The van der Waals surface area contributed by atoms with E-state index in [0.29, 0.717) is 5.75 Å². The van der Waals surface area contributed by atoms with Crippen LogP contribution in [0, 0.1) is 13.8 Å². The maximum atomic E-state index is 11.8.